The molecule has 1 fully saturated rings. The van der Waals surface area contributed by atoms with E-state index in [-0.39, 0.29) is 0 Å². The number of benzene rings is 1. The maximum Gasteiger partial charge on any atom is 0.0345 e. The predicted molar refractivity (Wildman–Crippen MR) is 83.4 cm³/mol. The Kier molecular flexibility index (Phi) is 4.87. The summed E-state index contributed by atoms with van der Waals surface area (Å²) in [5.41, 5.74) is 2.66. The molecule has 2 nitrogen and oxygen atoms in total. The second-order valence-electron chi connectivity index (χ2n) is 6.70. The van der Waals surface area contributed by atoms with Crippen molar-refractivity contribution in [1.29, 1.82) is 0 Å². The molecule has 0 heterocycles. The molecule has 1 N–H and O–H groups in total. The normalized spacial score (nSPS) is 27.5. The lowest BCUT2D eigenvalue weighted by Gasteiger charge is -2.32. The fourth-order valence-electron chi connectivity index (χ4n) is 3.43. The van der Waals surface area contributed by atoms with E-state index >= 15 is 0 Å². The molecule has 0 spiro atoms. The number of anilines is 1. The first kappa shape index (κ1) is 14.4. The van der Waals surface area contributed by atoms with Crippen LogP contribution in [0.4, 0.5) is 5.69 Å². The second kappa shape index (κ2) is 6.42. The van der Waals surface area contributed by atoms with Crippen LogP contribution in [0.3, 0.4) is 0 Å². The van der Waals surface area contributed by atoms with Crippen LogP contribution in [0.1, 0.15) is 38.7 Å². The van der Waals surface area contributed by atoms with Crippen LogP contribution in [0.15, 0.2) is 24.3 Å². The molecule has 2 rings (SSSR count). The summed E-state index contributed by atoms with van der Waals surface area (Å²) in [6, 6.07) is 9.51. The Morgan fingerprint density at radius 1 is 1.11 bits per heavy atom. The van der Waals surface area contributed by atoms with Crippen molar-refractivity contribution in [3.63, 3.8) is 0 Å². The Morgan fingerprint density at radius 2 is 1.79 bits per heavy atom. The van der Waals surface area contributed by atoms with E-state index in [1.165, 1.54) is 30.5 Å². The van der Waals surface area contributed by atoms with Crippen molar-refractivity contribution in [3.8, 4) is 0 Å². The fraction of sp³-hybridized carbons (Fsp3) is 0.647. The maximum absolute atomic E-state index is 3.74. The third kappa shape index (κ3) is 4.54. The number of rotatable bonds is 4. The Hall–Kier alpha value is -1.02. The number of hydrogen-bond donors (Lipinski definition) is 1. The topological polar surface area (TPSA) is 15.3 Å². The molecular weight excluding hydrogens is 232 g/mol. The third-order valence-corrected chi connectivity index (χ3v) is 3.98. The minimum atomic E-state index is 0.647. The molecule has 2 heteroatoms. The van der Waals surface area contributed by atoms with E-state index < -0.39 is 0 Å². The van der Waals surface area contributed by atoms with Crippen LogP contribution in [0.2, 0.25) is 0 Å². The lowest BCUT2D eigenvalue weighted by molar-refractivity contribution is 0.281. The zero-order valence-corrected chi connectivity index (χ0v) is 12.8. The molecule has 1 saturated carbocycles. The standard InChI is InChI=1S/C17H28N2/c1-13-8-14(2)10-17(9-13)18-16-7-5-6-15(11-16)12-19(3)4/h5-7,11,13-14,17-18H,8-10,12H2,1-4H3. The zero-order valence-electron chi connectivity index (χ0n) is 12.8. The quantitative estimate of drug-likeness (QED) is 0.880. The molecule has 2 unspecified atom stereocenters. The molecular formula is C17H28N2. The monoisotopic (exact) mass is 260 g/mol. The molecule has 0 amide bonds. The summed E-state index contributed by atoms with van der Waals surface area (Å²) in [6.45, 7) is 5.77. The second-order valence-corrected chi connectivity index (χ2v) is 6.70. The van der Waals surface area contributed by atoms with Crippen LogP contribution < -0.4 is 5.32 Å². The molecule has 2 atom stereocenters. The van der Waals surface area contributed by atoms with Crippen molar-refractivity contribution >= 4 is 5.69 Å². The minimum Gasteiger partial charge on any atom is -0.382 e. The van der Waals surface area contributed by atoms with Gasteiger partial charge in [-0.3, -0.25) is 0 Å². The third-order valence-electron chi connectivity index (χ3n) is 3.98. The zero-order chi connectivity index (χ0) is 13.8. The van der Waals surface area contributed by atoms with Crippen molar-refractivity contribution in [1.82, 2.24) is 4.90 Å². The lowest BCUT2D eigenvalue weighted by atomic mass is 9.80. The Bertz CT molecular complexity index is 390. The highest BCUT2D eigenvalue weighted by Gasteiger charge is 2.23. The van der Waals surface area contributed by atoms with Gasteiger partial charge in [-0.15, -0.1) is 0 Å². The summed E-state index contributed by atoms with van der Waals surface area (Å²) < 4.78 is 0. The van der Waals surface area contributed by atoms with E-state index in [0.717, 1.165) is 18.4 Å². The molecule has 0 radical (unpaired) electrons. The first-order valence-electron chi connectivity index (χ1n) is 7.53. The molecule has 106 valence electrons. The Balaban J connectivity index is 1.98. The molecule has 0 aliphatic heterocycles. The minimum absolute atomic E-state index is 0.647. The van der Waals surface area contributed by atoms with Gasteiger partial charge in [0.15, 0.2) is 0 Å². The van der Waals surface area contributed by atoms with E-state index in [1.807, 2.05) is 0 Å². The van der Waals surface area contributed by atoms with Crippen LogP contribution in [-0.2, 0) is 6.54 Å². The molecule has 19 heavy (non-hydrogen) atoms. The van der Waals surface area contributed by atoms with E-state index in [9.17, 15) is 0 Å². The van der Waals surface area contributed by atoms with Gasteiger partial charge in [-0.1, -0.05) is 26.0 Å². The molecule has 0 saturated heterocycles. The van der Waals surface area contributed by atoms with Crippen LogP contribution in [0, 0.1) is 11.8 Å². The van der Waals surface area contributed by atoms with Crippen molar-refractivity contribution in [2.75, 3.05) is 19.4 Å². The van der Waals surface area contributed by atoms with Crippen molar-refractivity contribution in [2.45, 2.75) is 45.7 Å². The average molecular weight is 260 g/mol. The molecule has 1 aliphatic rings. The predicted octanol–water partition coefficient (Wildman–Crippen LogP) is 3.98. The van der Waals surface area contributed by atoms with E-state index in [2.05, 4.69) is 62.4 Å². The summed E-state index contributed by atoms with van der Waals surface area (Å²) >= 11 is 0. The van der Waals surface area contributed by atoms with Gasteiger partial charge in [0, 0.05) is 18.3 Å². The van der Waals surface area contributed by atoms with Crippen molar-refractivity contribution in [2.24, 2.45) is 11.8 Å². The van der Waals surface area contributed by atoms with Gasteiger partial charge in [-0.25, -0.2) is 0 Å². The van der Waals surface area contributed by atoms with Gasteiger partial charge in [-0.05, 0) is 62.9 Å². The van der Waals surface area contributed by atoms with Gasteiger partial charge in [0.05, 0.1) is 0 Å². The van der Waals surface area contributed by atoms with E-state index in [4.69, 9.17) is 0 Å². The SMILES string of the molecule is CC1CC(C)CC(Nc2cccc(CN(C)C)c2)C1. The van der Waals surface area contributed by atoms with Gasteiger partial charge in [0.1, 0.15) is 0 Å². The highest BCUT2D eigenvalue weighted by atomic mass is 15.0. The van der Waals surface area contributed by atoms with Crippen molar-refractivity contribution in [3.05, 3.63) is 29.8 Å². The number of nitrogens with zero attached hydrogens (tertiary/aromatic N) is 1. The summed E-state index contributed by atoms with van der Waals surface area (Å²) in [5.74, 6) is 1.71. The summed E-state index contributed by atoms with van der Waals surface area (Å²) in [4.78, 5) is 2.21. The van der Waals surface area contributed by atoms with Gasteiger partial charge in [-0.2, -0.15) is 0 Å². The molecule has 0 aromatic heterocycles. The average Bonchev–Trinajstić information content (AvgIpc) is 2.26. The summed E-state index contributed by atoms with van der Waals surface area (Å²) in [6.07, 6.45) is 4.00. The van der Waals surface area contributed by atoms with Crippen LogP contribution in [-0.4, -0.2) is 25.0 Å². The largest absolute Gasteiger partial charge is 0.382 e. The highest BCUT2D eigenvalue weighted by molar-refractivity contribution is 5.46. The van der Waals surface area contributed by atoms with Crippen LogP contribution in [0.5, 0.6) is 0 Å². The molecule has 1 aromatic carbocycles. The van der Waals surface area contributed by atoms with Crippen molar-refractivity contribution < 1.29 is 0 Å². The van der Waals surface area contributed by atoms with Crippen LogP contribution >= 0.6 is 0 Å². The van der Waals surface area contributed by atoms with Crippen LogP contribution in [0.25, 0.3) is 0 Å². The summed E-state index contributed by atoms with van der Waals surface area (Å²) in [7, 11) is 4.23. The Labute approximate surface area is 118 Å². The molecule has 0 bridgehead atoms. The number of nitrogens with one attached hydrogen (secondary N) is 1. The van der Waals surface area contributed by atoms with Gasteiger partial charge >= 0.3 is 0 Å². The smallest absolute Gasteiger partial charge is 0.0345 e. The number of hydrogen-bond acceptors (Lipinski definition) is 2. The Morgan fingerprint density at radius 3 is 2.42 bits per heavy atom. The van der Waals surface area contributed by atoms with E-state index in [0.29, 0.717) is 6.04 Å². The fourth-order valence-corrected chi connectivity index (χ4v) is 3.43. The lowest BCUT2D eigenvalue weighted by Crippen LogP contribution is -2.30. The first-order valence-corrected chi connectivity index (χ1v) is 7.53. The molecule has 1 aliphatic carbocycles. The highest BCUT2D eigenvalue weighted by Crippen LogP contribution is 2.30. The maximum atomic E-state index is 3.74. The van der Waals surface area contributed by atoms with E-state index in [1.54, 1.807) is 0 Å². The van der Waals surface area contributed by atoms with Gasteiger partial charge < -0.3 is 10.2 Å². The first-order chi connectivity index (χ1) is 9.02. The van der Waals surface area contributed by atoms with Gasteiger partial charge in [0.2, 0.25) is 0 Å². The van der Waals surface area contributed by atoms with Gasteiger partial charge in [0.25, 0.3) is 0 Å². The summed E-state index contributed by atoms with van der Waals surface area (Å²) in [5, 5.41) is 3.74. The molecule has 1 aromatic rings.